The van der Waals surface area contributed by atoms with Crippen molar-refractivity contribution < 1.29 is 14.6 Å². The van der Waals surface area contributed by atoms with Gasteiger partial charge in [-0.2, -0.15) is 0 Å². The molecular weight excluding hydrogens is 324 g/mol. The average Bonchev–Trinajstić information content (AvgIpc) is 2.48. The molecule has 1 aliphatic rings. The van der Waals surface area contributed by atoms with Crippen LogP contribution < -0.4 is 10.6 Å². The van der Waals surface area contributed by atoms with Crippen LogP contribution in [0.2, 0.25) is 5.02 Å². The number of hydrogen-bond donors (Lipinski definition) is 3. The van der Waals surface area contributed by atoms with Gasteiger partial charge in [-0.3, -0.25) is 0 Å². The van der Waals surface area contributed by atoms with Gasteiger partial charge in [0, 0.05) is 17.1 Å². The molecule has 3 N–H and O–H groups in total. The number of ether oxygens (including phenoxy) is 1. The number of allylic oxidation sites excluding steroid dienone is 1. The third-order valence-electron chi connectivity index (χ3n) is 3.30. The van der Waals surface area contributed by atoms with Gasteiger partial charge >= 0.3 is 5.97 Å². The second kappa shape index (κ2) is 7.58. The Kier molecular flexibility index (Phi) is 5.76. The first-order valence-electron chi connectivity index (χ1n) is 6.82. The van der Waals surface area contributed by atoms with Crippen LogP contribution in [0.4, 0.5) is 0 Å². The maximum Gasteiger partial charge on any atom is 0.337 e. The van der Waals surface area contributed by atoms with E-state index in [2.05, 4.69) is 10.6 Å². The van der Waals surface area contributed by atoms with Crippen molar-refractivity contribution in [1.82, 2.24) is 10.6 Å². The molecular formula is C15H17ClN2O3S. The second-order valence-electron chi connectivity index (χ2n) is 4.88. The number of carbonyl (C=O) groups is 1. The molecule has 0 bridgehead atoms. The van der Waals surface area contributed by atoms with Crippen LogP contribution in [-0.2, 0) is 16.0 Å². The monoisotopic (exact) mass is 340 g/mol. The minimum absolute atomic E-state index is 0.235. The van der Waals surface area contributed by atoms with Crippen molar-refractivity contribution in [2.75, 3.05) is 13.2 Å². The lowest BCUT2D eigenvalue weighted by Gasteiger charge is -2.28. The topological polar surface area (TPSA) is 70.6 Å². The predicted octanol–water partition coefficient (Wildman–Crippen LogP) is 1.54. The van der Waals surface area contributed by atoms with E-state index in [4.69, 9.17) is 28.6 Å². The number of halogens is 1. The molecule has 0 aromatic heterocycles. The number of rotatable bonds is 5. The Bertz CT molecular complexity index is 601. The summed E-state index contributed by atoms with van der Waals surface area (Å²) in [5.41, 5.74) is 1.99. The maximum atomic E-state index is 12.2. The molecule has 0 spiro atoms. The maximum absolute atomic E-state index is 12.2. The lowest BCUT2D eigenvalue weighted by atomic mass is 10.0. The van der Waals surface area contributed by atoms with Gasteiger partial charge in [0.1, 0.15) is 0 Å². The number of nitrogens with one attached hydrogen (secondary N) is 2. The van der Waals surface area contributed by atoms with Gasteiger partial charge in [0.15, 0.2) is 5.11 Å². The van der Waals surface area contributed by atoms with Crippen molar-refractivity contribution in [3.05, 3.63) is 46.1 Å². The van der Waals surface area contributed by atoms with Crippen LogP contribution >= 0.6 is 23.8 Å². The minimum Gasteiger partial charge on any atom is -0.462 e. The van der Waals surface area contributed by atoms with Crippen molar-refractivity contribution in [3.8, 4) is 0 Å². The van der Waals surface area contributed by atoms with Gasteiger partial charge < -0.3 is 20.5 Å². The van der Waals surface area contributed by atoms with E-state index in [1.165, 1.54) is 0 Å². The molecule has 0 amide bonds. The van der Waals surface area contributed by atoms with Gasteiger partial charge in [-0.25, -0.2) is 4.79 Å². The molecule has 22 heavy (non-hydrogen) atoms. The molecule has 1 aromatic carbocycles. The van der Waals surface area contributed by atoms with Crippen LogP contribution in [-0.4, -0.2) is 35.4 Å². The van der Waals surface area contributed by atoms with E-state index in [0.717, 1.165) is 5.56 Å². The highest BCUT2D eigenvalue weighted by Crippen LogP contribution is 2.14. The standard InChI is InChI=1S/C15H17ClN2O3S/c1-9-13(12(8-19)18-15(22)17-9)14(20)21-7-6-10-2-4-11(16)5-3-10/h2-5,12,19H,6-8H2,1H3,(H2,17,18,22). The molecule has 1 heterocycles. The summed E-state index contributed by atoms with van der Waals surface area (Å²) in [6.07, 6.45) is 0.596. The summed E-state index contributed by atoms with van der Waals surface area (Å²) in [5.74, 6) is -0.465. The van der Waals surface area contributed by atoms with Crippen LogP contribution in [0, 0.1) is 0 Å². The molecule has 1 unspecified atom stereocenters. The predicted molar refractivity (Wildman–Crippen MR) is 88.6 cm³/mol. The number of esters is 1. The Balaban J connectivity index is 1.95. The summed E-state index contributed by atoms with van der Waals surface area (Å²) in [5, 5.41) is 16.1. The fraction of sp³-hybridized carbons (Fsp3) is 0.333. The molecule has 118 valence electrons. The summed E-state index contributed by atoms with van der Waals surface area (Å²) < 4.78 is 5.29. The normalized spacial score (nSPS) is 17.8. The van der Waals surface area contributed by atoms with Crippen molar-refractivity contribution in [1.29, 1.82) is 0 Å². The van der Waals surface area contributed by atoms with Crippen LogP contribution in [0.15, 0.2) is 35.5 Å². The molecule has 0 radical (unpaired) electrons. The van der Waals surface area contributed by atoms with Gasteiger partial charge in [-0.05, 0) is 36.8 Å². The summed E-state index contributed by atoms with van der Waals surface area (Å²) in [6.45, 7) is 1.74. The Labute approximate surface area is 139 Å². The Morgan fingerprint density at radius 2 is 2.09 bits per heavy atom. The molecule has 0 fully saturated rings. The Morgan fingerprint density at radius 1 is 1.41 bits per heavy atom. The zero-order valence-electron chi connectivity index (χ0n) is 12.1. The highest BCUT2D eigenvalue weighted by molar-refractivity contribution is 7.80. The van der Waals surface area contributed by atoms with E-state index >= 15 is 0 Å². The Hall–Kier alpha value is -1.63. The third-order valence-corrected chi connectivity index (χ3v) is 3.77. The molecule has 0 aliphatic carbocycles. The number of carbonyl (C=O) groups excluding carboxylic acids is 1. The van der Waals surface area contributed by atoms with Gasteiger partial charge in [-0.15, -0.1) is 0 Å². The van der Waals surface area contributed by atoms with E-state index < -0.39 is 12.0 Å². The zero-order valence-corrected chi connectivity index (χ0v) is 13.6. The van der Waals surface area contributed by atoms with Gasteiger partial charge in [-0.1, -0.05) is 23.7 Å². The zero-order chi connectivity index (χ0) is 16.1. The number of thiocarbonyl (C=S) groups is 1. The van der Waals surface area contributed by atoms with Crippen LogP contribution in [0.3, 0.4) is 0 Å². The number of hydrogen-bond acceptors (Lipinski definition) is 4. The van der Waals surface area contributed by atoms with Crippen LogP contribution in [0.5, 0.6) is 0 Å². The summed E-state index contributed by atoms with van der Waals surface area (Å²) in [4.78, 5) is 12.2. The van der Waals surface area contributed by atoms with Crippen molar-refractivity contribution >= 4 is 34.9 Å². The highest BCUT2D eigenvalue weighted by Gasteiger charge is 2.28. The first-order valence-corrected chi connectivity index (χ1v) is 7.60. The van der Waals surface area contributed by atoms with Crippen LogP contribution in [0.25, 0.3) is 0 Å². The van der Waals surface area contributed by atoms with E-state index in [0.29, 0.717) is 27.8 Å². The summed E-state index contributed by atoms with van der Waals surface area (Å²) in [6, 6.07) is 6.82. The van der Waals surface area contributed by atoms with Gasteiger partial charge in [0.05, 0.1) is 24.8 Å². The van der Waals surface area contributed by atoms with Crippen molar-refractivity contribution in [3.63, 3.8) is 0 Å². The number of aliphatic hydroxyl groups excluding tert-OH is 1. The van der Waals surface area contributed by atoms with E-state index in [-0.39, 0.29) is 13.2 Å². The molecule has 1 aromatic rings. The molecule has 0 saturated heterocycles. The van der Waals surface area contributed by atoms with Gasteiger partial charge in [0.25, 0.3) is 0 Å². The van der Waals surface area contributed by atoms with E-state index in [1.807, 2.05) is 12.1 Å². The molecule has 1 atom stereocenters. The van der Waals surface area contributed by atoms with Crippen molar-refractivity contribution in [2.24, 2.45) is 0 Å². The smallest absolute Gasteiger partial charge is 0.337 e. The quantitative estimate of drug-likeness (QED) is 0.558. The van der Waals surface area contributed by atoms with E-state index in [9.17, 15) is 9.90 Å². The summed E-state index contributed by atoms with van der Waals surface area (Å²) in [7, 11) is 0. The second-order valence-corrected chi connectivity index (χ2v) is 5.73. The summed E-state index contributed by atoms with van der Waals surface area (Å²) >= 11 is 10.8. The fourth-order valence-electron chi connectivity index (χ4n) is 2.19. The molecule has 1 aliphatic heterocycles. The van der Waals surface area contributed by atoms with Crippen LogP contribution in [0.1, 0.15) is 12.5 Å². The average molecular weight is 341 g/mol. The SMILES string of the molecule is CC1=C(C(=O)OCCc2ccc(Cl)cc2)C(CO)NC(=S)N1. The minimum atomic E-state index is -0.545. The molecule has 5 nitrogen and oxygen atoms in total. The first kappa shape index (κ1) is 16.7. The largest absolute Gasteiger partial charge is 0.462 e. The molecule has 0 saturated carbocycles. The first-order chi connectivity index (χ1) is 10.5. The molecule has 7 heteroatoms. The van der Waals surface area contributed by atoms with Gasteiger partial charge in [0.2, 0.25) is 0 Å². The van der Waals surface area contributed by atoms with Crippen molar-refractivity contribution in [2.45, 2.75) is 19.4 Å². The molecule has 2 rings (SSSR count). The fourth-order valence-corrected chi connectivity index (χ4v) is 2.61. The van der Waals surface area contributed by atoms with E-state index in [1.54, 1.807) is 19.1 Å². The lowest BCUT2D eigenvalue weighted by molar-refractivity contribution is -0.139. The number of benzene rings is 1. The third kappa shape index (κ3) is 4.19. The number of aliphatic hydroxyl groups is 1. The Morgan fingerprint density at radius 3 is 2.73 bits per heavy atom. The lowest BCUT2D eigenvalue weighted by Crippen LogP contribution is -2.51. The highest BCUT2D eigenvalue weighted by atomic mass is 35.5.